The van der Waals surface area contributed by atoms with Crippen LogP contribution in [0.1, 0.15) is 39.0 Å². The number of aryl methyl sites for hydroxylation is 2. The average Bonchev–Trinajstić information content (AvgIpc) is 3.00. The van der Waals surface area contributed by atoms with E-state index < -0.39 is 0 Å². The van der Waals surface area contributed by atoms with E-state index in [0.29, 0.717) is 18.0 Å². The topological polar surface area (TPSA) is 49.4 Å². The van der Waals surface area contributed by atoms with E-state index >= 15 is 0 Å². The fourth-order valence-corrected chi connectivity index (χ4v) is 3.17. The highest BCUT2D eigenvalue weighted by atomic mass is 32.1. The second kappa shape index (κ2) is 8.64. The molecule has 0 bridgehead atoms. The highest BCUT2D eigenvalue weighted by Crippen LogP contribution is 2.14. The molecule has 0 atom stereocenters. The molecule has 1 aromatic heterocycles. The molecule has 1 N–H and O–H groups in total. The van der Waals surface area contributed by atoms with Crippen LogP contribution in [0.25, 0.3) is 0 Å². The Kier molecular flexibility index (Phi) is 6.55. The monoisotopic (exact) mass is 344 g/mol. The van der Waals surface area contributed by atoms with Gasteiger partial charge in [0.05, 0.1) is 11.4 Å². The lowest BCUT2D eigenvalue weighted by molar-refractivity contribution is -0.130. The molecule has 0 aliphatic carbocycles. The third-order valence-electron chi connectivity index (χ3n) is 3.70. The van der Waals surface area contributed by atoms with Gasteiger partial charge in [-0.25, -0.2) is 0 Å². The van der Waals surface area contributed by atoms with Gasteiger partial charge in [0.2, 0.25) is 5.91 Å². The molecule has 0 saturated heterocycles. The van der Waals surface area contributed by atoms with Crippen molar-refractivity contribution >= 4 is 23.2 Å². The summed E-state index contributed by atoms with van der Waals surface area (Å²) in [6, 6.07) is 11.9. The zero-order chi connectivity index (χ0) is 17.5. The summed E-state index contributed by atoms with van der Waals surface area (Å²) in [5, 5.41) is 2.73. The van der Waals surface area contributed by atoms with E-state index in [2.05, 4.69) is 5.32 Å². The second-order valence-electron chi connectivity index (χ2n) is 5.89. The van der Waals surface area contributed by atoms with Crippen LogP contribution in [-0.4, -0.2) is 29.8 Å². The first-order valence-electron chi connectivity index (χ1n) is 8.17. The Morgan fingerprint density at radius 3 is 2.38 bits per heavy atom. The van der Waals surface area contributed by atoms with E-state index in [1.807, 2.05) is 51.1 Å². The maximum absolute atomic E-state index is 12.5. The maximum atomic E-state index is 12.5. The molecule has 1 heterocycles. The molecule has 2 aromatic rings. The molecular formula is C19H24N2O2S. The van der Waals surface area contributed by atoms with Crippen molar-refractivity contribution in [3.63, 3.8) is 0 Å². The molecule has 24 heavy (non-hydrogen) atoms. The average molecular weight is 344 g/mol. The zero-order valence-electron chi connectivity index (χ0n) is 14.5. The lowest BCUT2D eigenvalue weighted by Crippen LogP contribution is -2.40. The Bertz CT molecular complexity index is 692. The van der Waals surface area contributed by atoms with E-state index in [0.717, 1.165) is 16.9 Å². The third-order valence-corrected chi connectivity index (χ3v) is 4.70. The van der Waals surface area contributed by atoms with Crippen LogP contribution in [-0.2, 0) is 11.3 Å². The van der Waals surface area contributed by atoms with Crippen molar-refractivity contribution < 1.29 is 9.59 Å². The normalized spacial score (nSPS) is 10.5. The fraction of sp³-hybridized carbons (Fsp3) is 0.368. The number of nitrogens with zero attached hydrogens (tertiary/aromatic N) is 1. The van der Waals surface area contributed by atoms with Crippen LogP contribution < -0.4 is 5.32 Å². The molecule has 0 aliphatic rings. The number of amides is 2. The van der Waals surface area contributed by atoms with Gasteiger partial charge in [-0.1, -0.05) is 36.8 Å². The Balaban J connectivity index is 1.93. The molecular weight excluding hydrogens is 320 g/mol. The van der Waals surface area contributed by atoms with Gasteiger partial charge in [0.25, 0.3) is 5.91 Å². The van der Waals surface area contributed by atoms with Crippen LogP contribution in [0.5, 0.6) is 0 Å². The van der Waals surface area contributed by atoms with Crippen molar-refractivity contribution in [3.8, 4) is 0 Å². The fourth-order valence-electron chi connectivity index (χ4n) is 2.39. The minimum absolute atomic E-state index is 0.0294. The highest BCUT2D eigenvalue weighted by Gasteiger charge is 2.15. The maximum Gasteiger partial charge on any atom is 0.261 e. The quantitative estimate of drug-likeness (QED) is 0.835. The zero-order valence-corrected chi connectivity index (χ0v) is 15.3. The summed E-state index contributed by atoms with van der Waals surface area (Å²) in [5.74, 6) is -0.243. The van der Waals surface area contributed by atoms with E-state index in [9.17, 15) is 9.59 Å². The molecule has 0 unspecified atom stereocenters. The van der Waals surface area contributed by atoms with Gasteiger partial charge in [-0.05, 0) is 38.0 Å². The van der Waals surface area contributed by atoms with Gasteiger partial charge in [0.1, 0.15) is 0 Å². The molecule has 5 heteroatoms. The largest absolute Gasteiger partial charge is 0.342 e. The first-order valence-corrected chi connectivity index (χ1v) is 8.99. The smallest absolute Gasteiger partial charge is 0.261 e. The SMILES string of the molecule is CCCN(Cc1ccc(C)cc1)C(=O)CNC(=O)c1ccc(C)s1. The molecule has 2 rings (SSSR count). The summed E-state index contributed by atoms with van der Waals surface area (Å²) in [6.07, 6.45) is 0.885. The molecule has 0 saturated carbocycles. The number of hydrogen-bond donors (Lipinski definition) is 1. The Labute approximate surface area is 147 Å². The van der Waals surface area contributed by atoms with Crippen molar-refractivity contribution in [2.45, 2.75) is 33.7 Å². The number of thiophene rings is 1. The molecule has 1 aromatic carbocycles. The molecule has 0 aliphatic heterocycles. The molecule has 4 nitrogen and oxygen atoms in total. The summed E-state index contributed by atoms with van der Waals surface area (Å²) in [4.78, 5) is 28.0. The summed E-state index contributed by atoms with van der Waals surface area (Å²) < 4.78 is 0. The van der Waals surface area contributed by atoms with Gasteiger partial charge in [-0.3, -0.25) is 9.59 Å². The minimum atomic E-state index is -0.187. The van der Waals surface area contributed by atoms with E-state index in [1.54, 1.807) is 11.0 Å². The highest BCUT2D eigenvalue weighted by molar-refractivity contribution is 7.13. The predicted octanol–water partition coefficient (Wildman–Crippen LogP) is 3.53. The molecule has 2 amide bonds. The van der Waals surface area contributed by atoms with Crippen LogP contribution in [0, 0.1) is 13.8 Å². The van der Waals surface area contributed by atoms with Crippen molar-refractivity contribution in [1.82, 2.24) is 10.2 Å². The van der Waals surface area contributed by atoms with E-state index in [4.69, 9.17) is 0 Å². The molecule has 0 spiro atoms. The number of carbonyl (C=O) groups is 2. The summed E-state index contributed by atoms with van der Waals surface area (Å²) in [5.41, 5.74) is 2.30. The Hall–Kier alpha value is -2.14. The van der Waals surface area contributed by atoms with Gasteiger partial charge in [-0.2, -0.15) is 0 Å². The predicted molar refractivity (Wildman–Crippen MR) is 98.3 cm³/mol. The molecule has 128 valence electrons. The number of carbonyl (C=O) groups excluding carboxylic acids is 2. The first kappa shape index (κ1) is 18.2. The Morgan fingerprint density at radius 1 is 1.08 bits per heavy atom. The lowest BCUT2D eigenvalue weighted by Gasteiger charge is -2.22. The van der Waals surface area contributed by atoms with E-state index in [1.165, 1.54) is 16.9 Å². The van der Waals surface area contributed by atoms with Crippen LogP contribution >= 0.6 is 11.3 Å². The number of hydrogen-bond acceptors (Lipinski definition) is 3. The Morgan fingerprint density at radius 2 is 1.79 bits per heavy atom. The number of rotatable bonds is 7. The van der Waals surface area contributed by atoms with Gasteiger partial charge in [-0.15, -0.1) is 11.3 Å². The molecule has 0 fully saturated rings. The van der Waals surface area contributed by atoms with Crippen molar-refractivity contribution in [1.29, 1.82) is 0 Å². The van der Waals surface area contributed by atoms with Crippen molar-refractivity contribution in [2.24, 2.45) is 0 Å². The summed E-state index contributed by atoms with van der Waals surface area (Å²) in [7, 11) is 0. The second-order valence-corrected chi connectivity index (χ2v) is 7.18. The van der Waals surface area contributed by atoms with Crippen LogP contribution in [0.4, 0.5) is 0 Å². The first-order chi connectivity index (χ1) is 11.5. The van der Waals surface area contributed by atoms with Crippen LogP contribution in [0.15, 0.2) is 36.4 Å². The van der Waals surface area contributed by atoms with Crippen LogP contribution in [0.3, 0.4) is 0 Å². The minimum Gasteiger partial charge on any atom is -0.342 e. The number of benzene rings is 1. The summed E-state index contributed by atoms with van der Waals surface area (Å²) in [6.45, 7) is 7.32. The van der Waals surface area contributed by atoms with Gasteiger partial charge in [0, 0.05) is 18.0 Å². The van der Waals surface area contributed by atoms with Crippen molar-refractivity contribution in [2.75, 3.05) is 13.1 Å². The van der Waals surface area contributed by atoms with Gasteiger partial charge < -0.3 is 10.2 Å². The van der Waals surface area contributed by atoms with Gasteiger partial charge >= 0.3 is 0 Å². The van der Waals surface area contributed by atoms with Gasteiger partial charge in [0.15, 0.2) is 0 Å². The standard InChI is InChI=1S/C19H24N2O2S/c1-4-11-21(13-16-8-5-14(2)6-9-16)18(22)12-20-19(23)17-10-7-15(3)24-17/h5-10H,4,11-13H2,1-3H3,(H,20,23). The molecule has 0 radical (unpaired) electrons. The third kappa shape index (κ3) is 5.20. The van der Waals surface area contributed by atoms with Crippen molar-refractivity contribution in [3.05, 3.63) is 57.3 Å². The lowest BCUT2D eigenvalue weighted by atomic mass is 10.1. The van der Waals surface area contributed by atoms with E-state index in [-0.39, 0.29) is 18.4 Å². The van der Waals surface area contributed by atoms with Crippen LogP contribution in [0.2, 0.25) is 0 Å². The number of nitrogens with one attached hydrogen (secondary N) is 1. The summed E-state index contributed by atoms with van der Waals surface area (Å²) >= 11 is 1.43.